The van der Waals surface area contributed by atoms with Crippen LogP contribution in [0.2, 0.25) is 0 Å². The number of aryl methyl sites for hydroxylation is 1. The number of halogens is 2. The maximum atomic E-state index is 13.7. The fourth-order valence-corrected chi connectivity index (χ4v) is 3.33. The average molecular weight is 399 g/mol. The number of hydrogen-bond acceptors (Lipinski definition) is 5. The van der Waals surface area contributed by atoms with E-state index in [-0.39, 0.29) is 30.0 Å². The molecule has 26 heavy (non-hydrogen) atoms. The van der Waals surface area contributed by atoms with Gasteiger partial charge >= 0.3 is 0 Å². The predicted molar refractivity (Wildman–Crippen MR) is 100 cm³/mol. The van der Waals surface area contributed by atoms with Crippen molar-refractivity contribution in [1.29, 1.82) is 0 Å². The second kappa shape index (κ2) is 8.57. The summed E-state index contributed by atoms with van der Waals surface area (Å²) in [5.74, 6) is -0.756. The van der Waals surface area contributed by atoms with E-state index < -0.39 is 0 Å². The maximum absolute atomic E-state index is 13.7. The quantitative estimate of drug-likeness (QED) is 0.858. The summed E-state index contributed by atoms with van der Waals surface area (Å²) in [6.45, 7) is 3.64. The van der Waals surface area contributed by atoms with Crippen molar-refractivity contribution in [2.45, 2.75) is 13.5 Å². The minimum Gasteiger partial charge on any atom is -0.335 e. The lowest BCUT2D eigenvalue weighted by Gasteiger charge is -2.34. The Balaban J connectivity index is 0.00000243. The molecule has 2 N–H and O–H groups in total. The van der Waals surface area contributed by atoms with Gasteiger partial charge in [0.1, 0.15) is 16.5 Å². The summed E-state index contributed by atoms with van der Waals surface area (Å²) in [7, 11) is 0. The molecule has 2 heterocycles. The maximum Gasteiger partial charge on any atom is 0.273 e. The largest absolute Gasteiger partial charge is 0.335 e. The van der Waals surface area contributed by atoms with E-state index in [1.807, 2.05) is 0 Å². The van der Waals surface area contributed by atoms with Gasteiger partial charge in [-0.1, -0.05) is 6.07 Å². The van der Waals surface area contributed by atoms with Crippen LogP contribution in [0.5, 0.6) is 0 Å². The Hall–Kier alpha value is -2.03. The predicted octanol–water partition coefficient (Wildman–Crippen LogP) is 2.07. The highest BCUT2D eigenvalue weighted by Gasteiger charge is 2.26. The molecule has 6 nitrogen and oxygen atoms in total. The fraction of sp³-hybridized carbons (Fsp3) is 0.353. The Bertz CT molecular complexity index is 806. The first-order valence-corrected chi connectivity index (χ1v) is 8.86. The van der Waals surface area contributed by atoms with E-state index in [1.54, 1.807) is 34.2 Å². The smallest absolute Gasteiger partial charge is 0.273 e. The molecule has 0 radical (unpaired) electrons. The molecule has 0 aliphatic carbocycles. The van der Waals surface area contributed by atoms with Gasteiger partial charge < -0.3 is 15.5 Å². The van der Waals surface area contributed by atoms with Crippen molar-refractivity contribution in [2.75, 3.05) is 26.2 Å². The van der Waals surface area contributed by atoms with Crippen molar-refractivity contribution in [1.82, 2.24) is 14.8 Å². The number of hydrogen-bond donors (Lipinski definition) is 1. The van der Waals surface area contributed by atoms with E-state index in [9.17, 15) is 14.0 Å². The van der Waals surface area contributed by atoms with Crippen LogP contribution in [0.4, 0.5) is 4.39 Å². The van der Waals surface area contributed by atoms with Gasteiger partial charge in [0.15, 0.2) is 0 Å². The highest BCUT2D eigenvalue weighted by Crippen LogP contribution is 2.16. The van der Waals surface area contributed by atoms with Crippen molar-refractivity contribution in [3.05, 3.63) is 51.2 Å². The van der Waals surface area contributed by atoms with Crippen LogP contribution in [0.15, 0.2) is 23.6 Å². The molecule has 0 bridgehead atoms. The van der Waals surface area contributed by atoms with E-state index in [4.69, 9.17) is 5.73 Å². The molecule has 0 atom stereocenters. The van der Waals surface area contributed by atoms with E-state index in [0.717, 1.165) is 5.01 Å². The highest BCUT2D eigenvalue weighted by atomic mass is 35.5. The lowest BCUT2D eigenvalue weighted by Crippen LogP contribution is -2.50. The molecule has 1 aromatic carbocycles. The molecule has 1 aliphatic rings. The molecule has 0 spiro atoms. The molecule has 9 heteroatoms. The Kier molecular flexibility index (Phi) is 6.69. The number of piperazine rings is 1. The first kappa shape index (κ1) is 20.3. The molecule has 1 fully saturated rings. The third kappa shape index (κ3) is 4.20. The molecule has 1 aliphatic heterocycles. The first-order chi connectivity index (χ1) is 12.0. The second-order valence-electron chi connectivity index (χ2n) is 5.88. The van der Waals surface area contributed by atoms with Gasteiger partial charge in [-0.2, -0.15) is 0 Å². The molecular formula is C17H20ClFN4O2S. The number of nitrogens with zero attached hydrogens (tertiary/aromatic N) is 3. The van der Waals surface area contributed by atoms with Crippen LogP contribution in [0.3, 0.4) is 0 Å². The Morgan fingerprint density at radius 3 is 2.35 bits per heavy atom. The standard InChI is InChI=1S/C17H19FN4O2S.ClH/c1-11-2-3-12(8-13(11)18)16(23)21-4-6-22(7-5-21)17(24)14-10-25-15(9-19)20-14;/h2-3,8,10H,4-7,9,19H2,1H3;1H. The van der Waals surface area contributed by atoms with Crippen LogP contribution in [0, 0.1) is 12.7 Å². The summed E-state index contributed by atoms with van der Waals surface area (Å²) in [4.78, 5) is 32.4. The van der Waals surface area contributed by atoms with E-state index in [0.29, 0.717) is 49.5 Å². The first-order valence-electron chi connectivity index (χ1n) is 7.98. The zero-order valence-electron chi connectivity index (χ0n) is 14.3. The summed E-state index contributed by atoms with van der Waals surface area (Å²) < 4.78 is 13.7. The number of carbonyl (C=O) groups excluding carboxylic acids is 2. The number of thiazole rings is 1. The van der Waals surface area contributed by atoms with Crippen molar-refractivity contribution in [2.24, 2.45) is 5.73 Å². The molecule has 1 aromatic heterocycles. The number of rotatable bonds is 3. The van der Waals surface area contributed by atoms with Gasteiger partial charge in [-0.05, 0) is 24.6 Å². The Morgan fingerprint density at radius 2 is 1.81 bits per heavy atom. The second-order valence-corrected chi connectivity index (χ2v) is 6.82. The Morgan fingerprint density at radius 1 is 1.19 bits per heavy atom. The lowest BCUT2D eigenvalue weighted by molar-refractivity contribution is 0.0532. The van der Waals surface area contributed by atoms with Crippen LogP contribution in [-0.4, -0.2) is 52.8 Å². The molecule has 2 amide bonds. The molecular weight excluding hydrogens is 379 g/mol. The number of nitrogens with two attached hydrogens (primary N) is 1. The van der Waals surface area contributed by atoms with E-state index in [1.165, 1.54) is 17.4 Å². The van der Waals surface area contributed by atoms with Crippen LogP contribution in [-0.2, 0) is 6.54 Å². The summed E-state index contributed by atoms with van der Waals surface area (Å²) in [6.07, 6.45) is 0. The van der Waals surface area contributed by atoms with Crippen LogP contribution >= 0.6 is 23.7 Å². The molecule has 0 unspecified atom stereocenters. The van der Waals surface area contributed by atoms with Gasteiger partial charge in [0.2, 0.25) is 0 Å². The molecule has 3 rings (SSSR count). The summed E-state index contributed by atoms with van der Waals surface area (Å²) in [6, 6.07) is 4.49. The van der Waals surface area contributed by atoms with E-state index in [2.05, 4.69) is 4.98 Å². The van der Waals surface area contributed by atoms with Crippen molar-refractivity contribution < 1.29 is 14.0 Å². The molecule has 0 saturated carbocycles. The normalized spacial score (nSPS) is 14.1. The SMILES string of the molecule is Cc1ccc(C(=O)N2CCN(C(=O)c3csc(CN)n3)CC2)cc1F.Cl. The van der Waals surface area contributed by atoms with Crippen molar-refractivity contribution in [3.8, 4) is 0 Å². The molecule has 140 valence electrons. The zero-order valence-corrected chi connectivity index (χ0v) is 15.9. The average Bonchev–Trinajstić information content (AvgIpc) is 3.12. The summed E-state index contributed by atoms with van der Waals surface area (Å²) >= 11 is 1.36. The van der Waals surface area contributed by atoms with Crippen molar-refractivity contribution in [3.63, 3.8) is 0 Å². The van der Waals surface area contributed by atoms with Crippen LogP contribution < -0.4 is 5.73 Å². The lowest BCUT2D eigenvalue weighted by atomic mass is 10.1. The zero-order chi connectivity index (χ0) is 18.0. The van der Waals surface area contributed by atoms with Gasteiger partial charge in [0.05, 0.1) is 0 Å². The Labute approximate surface area is 161 Å². The number of aromatic nitrogens is 1. The van der Waals surface area contributed by atoms with Gasteiger partial charge in [0.25, 0.3) is 11.8 Å². The van der Waals surface area contributed by atoms with Crippen LogP contribution in [0.1, 0.15) is 31.4 Å². The number of carbonyl (C=O) groups is 2. The summed E-state index contributed by atoms with van der Waals surface area (Å²) in [5, 5.41) is 2.43. The third-order valence-corrected chi connectivity index (χ3v) is 5.09. The third-order valence-electron chi connectivity index (χ3n) is 4.22. The fourth-order valence-electron chi connectivity index (χ4n) is 2.69. The minimum atomic E-state index is -0.390. The monoisotopic (exact) mass is 398 g/mol. The van der Waals surface area contributed by atoms with Gasteiger partial charge in [-0.15, -0.1) is 23.7 Å². The van der Waals surface area contributed by atoms with Gasteiger partial charge in [0, 0.05) is 43.7 Å². The summed E-state index contributed by atoms with van der Waals surface area (Å²) in [5.41, 5.74) is 6.75. The van der Waals surface area contributed by atoms with E-state index >= 15 is 0 Å². The topological polar surface area (TPSA) is 79.5 Å². The van der Waals surface area contributed by atoms with Crippen molar-refractivity contribution >= 4 is 35.6 Å². The number of amides is 2. The van der Waals surface area contributed by atoms with Gasteiger partial charge in [-0.3, -0.25) is 9.59 Å². The van der Waals surface area contributed by atoms with Gasteiger partial charge in [-0.25, -0.2) is 9.37 Å². The molecule has 1 saturated heterocycles. The number of benzene rings is 1. The molecule has 2 aromatic rings. The minimum absolute atomic E-state index is 0. The highest BCUT2D eigenvalue weighted by molar-refractivity contribution is 7.09. The van der Waals surface area contributed by atoms with Crippen LogP contribution in [0.25, 0.3) is 0 Å².